The maximum Gasteiger partial charge on any atom is 0.317 e. The summed E-state index contributed by atoms with van der Waals surface area (Å²) in [5.41, 5.74) is 0. The second-order valence-electron chi connectivity index (χ2n) is 5.73. The average molecular weight is 268 g/mol. The Morgan fingerprint density at radius 1 is 1.37 bits per heavy atom. The topological polar surface area (TPSA) is 89.9 Å². The number of esters is 3. The lowest BCUT2D eigenvalue weighted by Gasteiger charge is -2.38. The first-order chi connectivity index (χ1) is 9.04. The molecule has 6 atom stereocenters. The van der Waals surface area contributed by atoms with Gasteiger partial charge in [-0.2, -0.15) is 0 Å². The number of rotatable bonds is 2. The number of cyclic esters (lactones) is 2. The Hall–Kier alpha value is -1.43. The van der Waals surface area contributed by atoms with Crippen molar-refractivity contribution in [1.29, 1.82) is 0 Å². The largest absolute Gasteiger partial charge is 0.438 e. The van der Waals surface area contributed by atoms with Crippen molar-refractivity contribution in [3.05, 3.63) is 0 Å². The zero-order valence-corrected chi connectivity index (χ0v) is 10.6. The molecule has 0 aromatic carbocycles. The molecule has 1 heterocycles. The Kier molecular flexibility index (Phi) is 2.85. The van der Waals surface area contributed by atoms with Gasteiger partial charge in [0.25, 0.3) is 0 Å². The van der Waals surface area contributed by atoms with E-state index in [1.165, 1.54) is 0 Å². The number of aliphatic hydroxyl groups excluding tert-OH is 1. The smallest absolute Gasteiger partial charge is 0.317 e. The highest BCUT2D eigenvalue weighted by Crippen LogP contribution is 2.60. The quantitative estimate of drug-likeness (QED) is 0.433. The van der Waals surface area contributed by atoms with Gasteiger partial charge < -0.3 is 14.6 Å². The molecule has 104 valence electrons. The van der Waals surface area contributed by atoms with Gasteiger partial charge in [0, 0.05) is 6.42 Å². The first-order valence-corrected chi connectivity index (χ1v) is 6.56. The van der Waals surface area contributed by atoms with E-state index >= 15 is 0 Å². The fourth-order valence-corrected chi connectivity index (χ4v) is 4.42. The molecule has 0 spiro atoms. The molecule has 1 saturated heterocycles. The van der Waals surface area contributed by atoms with E-state index in [1.54, 1.807) is 0 Å². The molecule has 0 amide bonds. The minimum atomic E-state index is -0.630. The third-order valence-electron chi connectivity index (χ3n) is 5.09. The highest BCUT2D eigenvalue weighted by molar-refractivity contribution is 5.91. The molecule has 6 heteroatoms. The molecule has 3 fully saturated rings. The zero-order chi connectivity index (χ0) is 13.7. The van der Waals surface area contributed by atoms with E-state index in [0.717, 1.165) is 6.42 Å². The van der Waals surface area contributed by atoms with Crippen LogP contribution in [0.15, 0.2) is 0 Å². The summed E-state index contributed by atoms with van der Waals surface area (Å²) in [7, 11) is 0. The van der Waals surface area contributed by atoms with Gasteiger partial charge >= 0.3 is 17.9 Å². The Morgan fingerprint density at radius 3 is 2.79 bits per heavy atom. The van der Waals surface area contributed by atoms with Crippen LogP contribution < -0.4 is 0 Å². The van der Waals surface area contributed by atoms with Crippen LogP contribution in [-0.2, 0) is 23.9 Å². The van der Waals surface area contributed by atoms with Gasteiger partial charge in [0.05, 0.1) is 11.8 Å². The molecule has 3 aliphatic rings. The van der Waals surface area contributed by atoms with Gasteiger partial charge in [-0.1, -0.05) is 6.92 Å². The summed E-state index contributed by atoms with van der Waals surface area (Å²) in [5, 5.41) is 8.70. The molecule has 2 bridgehead atoms. The van der Waals surface area contributed by atoms with Gasteiger partial charge in [-0.25, -0.2) is 0 Å². The van der Waals surface area contributed by atoms with E-state index in [2.05, 4.69) is 0 Å². The van der Waals surface area contributed by atoms with Crippen LogP contribution in [0.3, 0.4) is 0 Å². The number of carbonyl (C=O) groups is 3. The van der Waals surface area contributed by atoms with Crippen LogP contribution in [-0.4, -0.2) is 29.8 Å². The zero-order valence-electron chi connectivity index (χ0n) is 10.6. The molecule has 2 aliphatic carbocycles. The predicted molar refractivity (Wildman–Crippen MR) is 60.1 cm³/mol. The monoisotopic (exact) mass is 268 g/mol. The number of carbonyl (C=O) groups excluding carboxylic acids is 3. The number of hydrogen-bond acceptors (Lipinski definition) is 6. The number of aliphatic hydroxyl groups is 1. The van der Waals surface area contributed by atoms with Crippen LogP contribution in [0.1, 0.15) is 19.8 Å². The predicted octanol–water partition coefficient (Wildman–Crippen LogP) is 0.0873. The minimum absolute atomic E-state index is 0.0131. The first kappa shape index (κ1) is 12.6. The minimum Gasteiger partial charge on any atom is -0.438 e. The van der Waals surface area contributed by atoms with Gasteiger partial charge in [-0.3, -0.25) is 14.4 Å². The lowest BCUT2D eigenvalue weighted by atomic mass is 9.67. The summed E-state index contributed by atoms with van der Waals surface area (Å²) in [5.74, 6) is -1.96. The van der Waals surface area contributed by atoms with E-state index in [4.69, 9.17) is 14.6 Å². The first-order valence-electron chi connectivity index (χ1n) is 6.56. The summed E-state index contributed by atoms with van der Waals surface area (Å²) in [4.78, 5) is 35.1. The molecule has 6 unspecified atom stereocenters. The van der Waals surface area contributed by atoms with Crippen molar-refractivity contribution in [2.45, 2.75) is 19.8 Å². The lowest BCUT2D eigenvalue weighted by Crippen LogP contribution is -2.46. The maximum absolute atomic E-state index is 11.9. The van der Waals surface area contributed by atoms with Gasteiger partial charge in [0.1, 0.15) is 0 Å². The second-order valence-corrected chi connectivity index (χ2v) is 5.73. The van der Waals surface area contributed by atoms with Crippen LogP contribution >= 0.6 is 0 Å². The Morgan fingerprint density at radius 2 is 2.11 bits per heavy atom. The highest BCUT2D eigenvalue weighted by atomic mass is 16.6. The van der Waals surface area contributed by atoms with Gasteiger partial charge in [0.15, 0.2) is 6.79 Å². The van der Waals surface area contributed by atoms with Crippen molar-refractivity contribution >= 4 is 17.9 Å². The van der Waals surface area contributed by atoms with Crippen molar-refractivity contribution in [2.75, 3.05) is 6.79 Å². The standard InChI is InChI=1S/C13H16O6/c1-5-6-2-7(10(5)12(16)18-4-14)8-3-9(15)19-13(17)11(6)8/h5-8,10-11,14H,2-4H2,1H3. The van der Waals surface area contributed by atoms with E-state index < -0.39 is 24.7 Å². The molecule has 1 aliphatic heterocycles. The van der Waals surface area contributed by atoms with Crippen LogP contribution in [0.2, 0.25) is 0 Å². The highest BCUT2D eigenvalue weighted by Gasteiger charge is 2.63. The number of ether oxygens (including phenoxy) is 2. The molecule has 1 N–H and O–H groups in total. The van der Waals surface area contributed by atoms with E-state index in [9.17, 15) is 14.4 Å². The van der Waals surface area contributed by atoms with Crippen LogP contribution in [0.4, 0.5) is 0 Å². The third kappa shape index (κ3) is 1.69. The Bertz CT molecular complexity index is 444. The van der Waals surface area contributed by atoms with Gasteiger partial charge in [-0.15, -0.1) is 0 Å². The van der Waals surface area contributed by atoms with Gasteiger partial charge in [0.2, 0.25) is 0 Å². The molecule has 2 saturated carbocycles. The molecule has 19 heavy (non-hydrogen) atoms. The van der Waals surface area contributed by atoms with Crippen LogP contribution in [0, 0.1) is 35.5 Å². The average Bonchev–Trinajstić information content (AvgIpc) is 2.84. The molecular formula is C13H16O6. The lowest BCUT2D eigenvalue weighted by molar-refractivity contribution is -0.179. The Labute approximate surface area is 110 Å². The fourth-order valence-electron chi connectivity index (χ4n) is 4.42. The summed E-state index contributed by atoms with van der Waals surface area (Å²) in [6, 6.07) is 0. The van der Waals surface area contributed by atoms with Crippen molar-refractivity contribution in [3.63, 3.8) is 0 Å². The van der Waals surface area contributed by atoms with Crippen molar-refractivity contribution in [1.82, 2.24) is 0 Å². The van der Waals surface area contributed by atoms with Crippen LogP contribution in [0.25, 0.3) is 0 Å². The molecule has 0 aromatic heterocycles. The SMILES string of the molecule is CC1C2CC(C3CC(=O)OC(=O)C23)C1C(=O)OCO. The van der Waals surface area contributed by atoms with E-state index in [0.29, 0.717) is 0 Å². The molecule has 6 nitrogen and oxygen atoms in total. The third-order valence-corrected chi connectivity index (χ3v) is 5.09. The summed E-state index contributed by atoms with van der Waals surface area (Å²) in [6.07, 6.45) is 0.956. The molecular weight excluding hydrogens is 252 g/mol. The second kappa shape index (κ2) is 4.30. The summed E-state index contributed by atoms with van der Waals surface area (Å²) in [6.45, 7) is 1.29. The summed E-state index contributed by atoms with van der Waals surface area (Å²) >= 11 is 0. The van der Waals surface area contributed by atoms with Crippen molar-refractivity contribution < 1.29 is 29.0 Å². The fraction of sp³-hybridized carbons (Fsp3) is 0.769. The van der Waals surface area contributed by atoms with Crippen molar-refractivity contribution in [3.8, 4) is 0 Å². The maximum atomic E-state index is 11.9. The van der Waals surface area contributed by atoms with E-state index in [-0.39, 0.29) is 41.9 Å². The van der Waals surface area contributed by atoms with Crippen LogP contribution in [0.5, 0.6) is 0 Å². The van der Waals surface area contributed by atoms with E-state index in [1.807, 2.05) is 6.92 Å². The molecule has 0 radical (unpaired) electrons. The Balaban J connectivity index is 1.86. The van der Waals surface area contributed by atoms with Gasteiger partial charge in [-0.05, 0) is 30.1 Å². The molecule has 3 rings (SSSR count). The number of hydrogen-bond donors (Lipinski definition) is 1. The molecule has 0 aromatic rings. The number of fused-ring (bicyclic) bond motifs is 5. The van der Waals surface area contributed by atoms with Crippen molar-refractivity contribution in [2.24, 2.45) is 35.5 Å². The summed E-state index contributed by atoms with van der Waals surface area (Å²) < 4.78 is 9.41. The normalized spacial score (nSPS) is 43.9.